The van der Waals surface area contributed by atoms with Gasteiger partial charge in [0.05, 0.1) is 12.6 Å². The molecule has 0 radical (unpaired) electrons. The first-order valence-corrected chi connectivity index (χ1v) is 4.88. The Morgan fingerprint density at radius 3 is 2.69 bits per heavy atom. The second kappa shape index (κ2) is 4.36. The van der Waals surface area contributed by atoms with Crippen LogP contribution in [0.2, 0.25) is 0 Å². The van der Waals surface area contributed by atoms with Crippen LogP contribution in [0.5, 0.6) is 0 Å². The van der Waals surface area contributed by atoms with E-state index in [0.717, 1.165) is 6.42 Å². The number of carbonyl (C=O) groups excluding carboxylic acids is 1. The predicted molar refractivity (Wildman–Crippen MR) is 52.4 cm³/mol. The number of hydrogen-bond acceptors (Lipinski definition) is 4. The Hall–Kier alpha value is -1.82. The molecule has 1 amide bonds. The lowest BCUT2D eigenvalue weighted by molar-refractivity contribution is 0.0659. The van der Waals surface area contributed by atoms with E-state index in [1.807, 2.05) is 0 Å². The molecule has 1 aliphatic rings. The SMILES string of the molecule is O=C(O)c1ccc(C(=O)NC2CCOC2)o1. The highest BCUT2D eigenvalue weighted by molar-refractivity contribution is 5.93. The minimum Gasteiger partial charge on any atom is -0.475 e. The molecule has 0 aromatic carbocycles. The van der Waals surface area contributed by atoms with E-state index < -0.39 is 11.9 Å². The third-order valence-corrected chi connectivity index (χ3v) is 2.31. The van der Waals surface area contributed by atoms with E-state index >= 15 is 0 Å². The van der Waals surface area contributed by atoms with Gasteiger partial charge in [0, 0.05) is 6.61 Å². The van der Waals surface area contributed by atoms with E-state index in [4.69, 9.17) is 14.3 Å². The molecule has 2 N–H and O–H groups in total. The number of ether oxygens (including phenoxy) is 1. The zero-order chi connectivity index (χ0) is 11.5. The van der Waals surface area contributed by atoms with Gasteiger partial charge in [-0.05, 0) is 18.6 Å². The summed E-state index contributed by atoms with van der Waals surface area (Å²) >= 11 is 0. The van der Waals surface area contributed by atoms with Gasteiger partial charge in [-0.25, -0.2) is 4.79 Å². The maximum absolute atomic E-state index is 11.6. The average molecular weight is 225 g/mol. The topological polar surface area (TPSA) is 88.8 Å². The normalized spacial score (nSPS) is 19.6. The lowest BCUT2D eigenvalue weighted by Crippen LogP contribution is -2.34. The van der Waals surface area contributed by atoms with Crippen LogP contribution in [0.4, 0.5) is 0 Å². The second-order valence-electron chi connectivity index (χ2n) is 3.50. The molecule has 86 valence electrons. The molecule has 16 heavy (non-hydrogen) atoms. The van der Waals surface area contributed by atoms with E-state index in [0.29, 0.717) is 13.2 Å². The van der Waals surface area contributed by atoms with E-state index in [2.05, 4.69) is 5.32 Å². The van der Waals surface area contributed by atoms with Crippen LogP contribution in [0.1, 0.15) is 27.5 Å². The number of amides is 1. The van der Waals surface area contributed by atoms with Crippen LogP contribution in [0.3, 0.4) is 0 Å². The van der Waals surface area contributed by atoms with Crippen LogP contribution < -0.4 is 5.32 Å². The lowest BCUT2D eigenvalue weighted by Gasteiger charge is -2.08. The average Bonchev–Trinajstić information content (AvgIpc) is 2.86. The van der Waals surface area contributed by atoms with Gasteiger partial charge in [-0.1, -0.05) is 0 Å². The molecule has 1 aromatic heterocycles. The number of hydrogen-bond donors (Lipinski definition) is 2. The summed E-state index contributed by atoms with van der Waals surface area (Å²) in [5.74, 6) is -1.84. The molecule has 1 unspecified atom stereocenters. The lowest BCUT2D eigenvalue weighted by atomic mass is 10.2. The second-order valence-corrected chi connectivity index (χ2v) is 3.50. The number of carboxylic acid groups (broad SMARTS) is 1. The Morgan fingerprint density at radius 1 is 1.38 bits per heavy atom. The standard InChI is InChI=1S/C10H11NO5/c12-9(11-6-3-4-15-5-6)7-1-2-8(16-7)10(13)14/h1-2,6H,3-5H2,(H,11,12)(H,13,14). The van der Waals surface area contributed by atoms with Gasteiger partial charge >= 0.3 is 5.97 Å². The number of carboxylic acids is 1. The van der Waals surface area contributed by atoms with Gasteiger partial charge in [0.1, 0.15) is 0 Å². The highest BCUT2D eigenvalue weighted by Gasteiger charge is 2.21. The molecule has 2 heterocycles. The first kappa shape index (κ1) is 10.7. The van der Waals surface area contributed by atoms with Gasteiger partial charge in [0.2, 0.25) is 5.76 Å². The fourth-order valence-electron chi connectivity index (χ4n) is 1.48. The highest BCUT2D eigenvalue weighted by Crippen LogP contribution is 2.09. The molecule has 1 saturated heterocycles. The summed E-state index contributed by atoms with van der Waals surface area (Å²) in [5.41, 5.74) is 0. The molecule has 0 aliphatic carbocycles. The van der Waals surface area contributed by atoms with Gasteiger partial charge in [0.15, 0.2) is 5.76 Å². The van der Waals surface area contributed by atoms with Crippen molar-refractivity contribution < 1.29 is 23.8 Å². The van der Waals surface area contributed by atoms with Crippen molar-refractivity contribution in [3.8, 4) is 0 Å². The summed E-state index contributed by atoms with van der Waals surface area (Å²) in [5, 5.41) is 11.3. The maximum atomic E-state index is 11.6. The van der Waals surface area contributed by atoms with Crippen molar-refractivity contribution in [2.24, 2.45) is 0 Å². The molecule has 1 atom stereocenters. The van der Waals surface area contributed by atoms with Crippen LogP contribution in [0.15, 0.2) is 16.5 Å². The van der Waals surface area contributed by atoms with Crippen LogP contribution in [0.25, 0.3) is 0 Å². The summed E-state index contributed by atoms with van der Waals surface area (Å²) in [7, 11) is 0. The summed E-state index contributed by atoms with van der Waals surface area (Å²) in [6.45, 7) is 1.11. The molecule has 1 aliphatic heterocycles. The van der Waals surface area contributed by atoms with Crippen molar-refractivity contribution in [2.75, 3.05) is 13.2 Å². The summed E-state index contributed by atoms with van der Waals surface area (Å²) < 4.78 is 9.96. The first-order chi connectivity index (χ1) is 7.66. The van der Waals surface area contributed by atoms with Crippen molar-refractivity contribution in [3.05, 3.63) is 23.7 Å². The van der Waals surface area contributed by atoms with Crippen molar-refractivity contribution in [3.63, 3.8) is 0 Å². The van der Waals surface area contributed by atoms with E-state index in [1.54, 1.807) is 0 Å². The van der Waals surface area contributed by atoms with Crippen molar-refractivity contribution in [1.82, 2.24) is 5.32 Å². The number of nitrogens with one attached hydrogen (secondary N) is 1. The van der Waals surface area contributed by atoms with Crippen LogP contribution >= 0.6 is 0 Å². The monoisotopic (exact) mass is 225 g/mol. The number of carbonyl (C=O) groups is 2. The van der Waals surface area contributed by atoms with Crippen molar-refractivity contribution >= 4 is 11.9 Å². The zero-order valence-corrected chi connectivity index (χ0v) is 8.43. The molecular weight excluding hydrogens is 214 g/mol. The minimum absolute atomic E-state index is 0.00398. The highest BCUT2D eigenvalue weighted by atomic mass is 16.5. The number of aromatic carboxylic acids is 1. The molecule has 1 aromatic rings. The predicted octanol–water partition coefficient (Wildman–Crippen LogP) is 0.496. The van der Waals surface area contributed by atoms with Crippen LogP contribution in [-0.4, -0.2) is 36.2 Å². The molecule has 0 saturated carbocycles. The Bertz CT molecular complexity index is 405. The quantitative estimate of drug-likeness (QED) is 0.781. The Balaban J connectivity index is 1.99. The van der Waals surface area contributed by atoms with E-state index in [1.165, 1.54) is 12.1 Å². The van der Waals surface area contributed by atoms with Crippen LogP contribution in [-0.2, 0) is 4.74 Å². The molecule has 6 nitrogen and oxygen atoms in total. The van der Waals surface area contributed by atoms with Gasteiger partial charge in [0.25, 0.3) is 5.91 Å². The number of furan rings is 1. The van der Waals surface area contributed by atoms with E-state index in [-0.39, 0.29) is 17.6 Å². The van der Waals surface area contributed by atoms with E-state index in [9.17, 15) is 9.59 Å². The summed E-state index contributed by atoms with van der Waals surface area (Å²) in [6, 6.07) is 2.57. The fraction of sp³-hybridized carbons (Fsp3) is 0.400. The van der Waals surface area contributed by atoms with Crippen LogP contribution in [0, 0.1) is 0 Å². The Kier molecular flexibility index (Phi) is 2.91. The Labute approximate surface area is 91.2 Å². The molecule has 2 rings (SSSR count). The third kappa shape index (κ3) is 2.22. The fourth-order valence-corrected chi connectivity index (χ4v) is 1.48. The van der Waals surface area contributed by atoms with Crippen molar-refractivity contribution in [1.29, 1.82) is 0 Å². The smallest absolute Gasteiger partial charge is 0.371 e. The number of rotatable bonds is 3. The van der Waals surface area contributed by atoms with Gasteiger partial charge in [-0.3, -0.25) is 4.79 Å². The minimum atomic E-state index is -1.19. The molecule has 0 bridgehead atoms. The summed E-state index contributed by atoms with van der Waals surface area (Å²) in [6.07, 6.45) is 0.762. The van der Waals surface area contributed by atoms with Gasteiger partial charge in [-0.2, -0.15) is 0 Å². The first-order valence-electron chi connectivity index (χ1n) is 4.88. The molecule has 1 fully saturated rings. The van der Waals surface area contributed by atoms with Crippen molar-refractivity contribution in [2.45, 2.75) is 12.5 Å². The van der Waals surface area contributed by atoms with Gasteiger partial charge in [-0.15, -0.1) is 0 Å². The molecule has 0 spiro atoms. The maximum Gasteiger partial charge on any atom is 0.371 e. The molecule has 6 heteroatoms. The third-order valence-electron chi connectivity index (χ3n) is 2.31. The van der Waals surface area contributed by atoms with Gasteiger partial charge < -0.3 is 19.6 Å². The zero-order valence-electron chi connectivity index (χ0n) is 8.43. The Morgan fingerprint density at radius 2 is 2.12 bits per heavy atom. The molecular formula is C10H11NO5. The summed E-state index contributed by atoms with van der Waals surface area (Å²) in [4.78, 5) is 22.1. The largest absolute Gasteiger partial charge is 0.475 e.